The van der Waals surface area contributed by atoms with E-state index in [1.54, 1.807) is 6.21 Å². The minimum absolute atomic E-state index is 0.425. The minimum atomic E-state index is 0.425. The van der Waals surface area contributed by atoms with E-state index in [1.165, 1.54) is 5.56 Å². The summed E-state index contributed by atoms with van der Waals surface area (Å²) in [6.07, 6.45) is 6.37. The second-order valence-corrected chi connectivity index (χ2v) is 9.68. The van der Waals surface area contributed by atoms with Crippen LogP contribution in [0.25, 0.3) is 0 Å². The Hall–Kier alpha value is -3.92. The van der Waals surface area contributed by atoms with E-state index in [4.69, 9.17) is 19.2 Å². The van der Waals surface area contributed by atoms with Crippen LogP contribution in [-0.2, 0) is 4.74 Å². The first kappa shape index (κ1) is 26.7. The number of benzene rings is 2. The number of aryl methyl sites for hydroxylation is 1. The van der Waals surface area contributed by atoms with E-state index >= 15 is 0 Å². The van der Waals surface area contributed by atoms with Crippen molar-refractivity contribution in [2.24, 2.45) is 5.10 Å². The van der Waals surface area contributed by atoms with Crippen molar-refractivity contribution in [1.82, 2.24) is 15.0 Å². The lowest BCUT2D eigenvalue weighted by Crippen LogP contribution is -2.25. The smallest absolute Gasteiger partial charge is 0.250 e. The van der Waals surface area contributed by atoms with Crippen LogP contribution in [0.5, 0.6) is 11.5 Å². The van der Waals surface area contributed by atoms with Crippen LogP contribution in [0.3, 0.4) is 0 Å². The molecule has 3 aromatic rings. The molecule has 2 aliphatic rings. The van der Waals surface area contributed by atoms with E-state index in [0.29, 0.717) is 32.4 Å². The molecule has 0 unspecified atom stereocenters. The zero-order valence-electron chi connectivity index (χ0n) is 22.6. The van der Waals surface area contributed by atoms with Crippen molar-refractivity contribution in [1.29, 1.82) is 0 Å². The molecule has 0 amide bonds. The van der Waals surface area contributed by atoms with E-state index in [2.05, 4.69) is 37.2 Å². The highest BCUT2D eigenvalue weighted by Crippen LogP contribution is 2.23. The maximum absolute atomic E-state index is 5.95. The molecule has 2 aromatic carbocycles. The molecule has 0 saturated carbocycles. The number of para-hydroxylation sites is 1. The molecule has 0 spiro atoms. The number of anilines is 3. The van der Waals surface area contributed by atoms with Crippen LogP contribution in [0.4, 0.5) is 17.8 Å². The van der Waals surface area contributed by atoms with E-state index in [1.807, 2.05) is 48.5 Å². The third kappa shape index (κ3) is 7.79. The molecule has 2 aliphatic heterocycles. The SMILES string of the molecule is Cc1ccc(OCCOCCOc2ccccc2/C=N/Nc2nc(N3CCCC3)nc(N3CCCC3)n2)cc1. The summed E-state index contributed by atoms with van der Waals surface area (Å²) in [5.41, 5.74) is 5.07. The van der Waals surface area contributed by atoms with Crippen molar-refractivity contribution in [3.63, 3.8) is 0 Å². The summed E-state index contributed by atoms with van der Waals surface area (Å²) in [5.74, 6) is 3.46. The van der Waals surface area contributed by atoms with Gasteiger partial charge in [-0.15, -0.1) is 0 Å². The molecule has 10 nitrogen and oxygen atoms in total. The molecular weight excluding hydrogens is 494 g/mol. The fourth-order valence-electron chi connectivity index (χ4n) is 4.56. The predicted octanol–water partition coefficient (Wildman–Crippen LogP) is 4.30. The normalized spacial score (nSPS) is 15.3. The van der Waals surface area contributed by atoms with Crippen LogP contribution in [0.2, 0.25) is 0 Å². The van der Waals surface area contributed by atoms with Gasteiger partial charge in [0.05, 0.1) is 19.4 Å². The highest BCUT2D eigenvalue weighted by Gasteiger charge is 2.21. The van der Waals surface area contributed by atoms with Gasteiger partial charge in [-0.25, -0.2) is 5.43 Å². The summed E-state index contributed by atoms with van der Waals surface area (Å²) in [6, 6.07) is 15.7. The molecule has 206 valence electrons. The van der Waals surface area contributed by atoms with Gasteiger partial charge in [0.2, 0.25) is 17.8 Å². The van der Waals surface area contributed by atoms with E-state index in [9.17, 15) is 0 Å². The standard InChI is InChI=1S/C29H37N7O3/c1-23-10-12-25(13-11-23)38-20-18-37-19-21-39-26-9-3-2-8-24(26)22-30-34-27-31-28(35-14-4-5-15-35)33-29(32-27)36-16-6-7-17-36/h2-3,8-13,22H,4-7,14-21H2,1H3,(H,31,32,33,34)/b30-22+. The van der Waals surface area contributed by atoms with Crippen LogP contribution in [0.1, 0.15) is 36.8 Å². The number of aromatic nitrogens is 3. The van der Waals surface area contributed by atoms with Gasteiger partial charge in [0.25, 0.3) is 0 Å². The summed E-state index contributed by atoms with van der Waals surface area (Å²) < 4.78 is 17.3. The van der Waals surface area contributed by atoms with Crippen molar-refractivity contribution >= 4 is 24.1 Å². The average Bonchev–Trinajstić information content (AvgIpc) is 3.70. The van der Waals surface area contributed by atoms with Gasteiger partial charge in [-0.05, 0) is 56.9 Å². The molecule has 1 aromatic heterocycles. The molecule has 0 aliphatic carbocycles. The Morgan fingerprint density at radius 2 is 1.38 bits per heavy atom. The lowest BCUT2D eigenvalue weighted by molar-refractivity contribution is 0.0764. The van der Waals surface area contributed by atoms with Gasteiger partial charge in [0.1, 0.15) is 24.7 Å². The second-order valence-electron chi connectivity index (χ2n) is 9.68. The Morgan fingerprint density at radius 1 is 0.769 bits per heavy atom. The number of ether oxygens (including phenoxy) is 3. The lowest BCUT2D eigenvalue weighted by atomic mass is 10.2. The maximum atomic E-state index is 5.95. The number of hydrazone groups is 1. The number of hydrogen-bond donors (Lipinski definition) is 1. The maximum Gasteiger partial charge on any atom is 0.250 e. The molecular formula is C29H37N7O3. The van der Waals surface area contributed by atoms with Crippen molar-refractivity contribution < 1.29 is 14.2 Å². The second kappa shape index (κ2) is 13.7. The first-order valence-corrected chi connectivity index (χ1v) is 13.8. The van der Waals surface area contributed by atoms with Gasteiger partial charge >= 0.3 is 0 Å². The van der Waals surface area contributed by atoms with Gasteiger partial charge in [-0.2, -0.15) is 20.1 Å². The molecule has 0 radical (unpaired) electrons. The number of nitrogens with zero attached hydrogens (tertiary/aromatic N) is 6. The Bertz CT molecular complexity index is 1180. The summed E-state index contributed by atoms with van der Waals surface area (Å²) in [7, 11) is 0. The lowest BCUT2D eigenvalue weighted by Gasteiger charge is -2.20. The van der Waals surface area contributed by atoms with Crippen LogP contribution in [0, 0.1) is 6.92 Å². The fourth-order valence-corrected chi connectivity index (χ4v) is 4.56. The Kier molecular flexibility index (Phi) is 9.41. The Morgan fingerprint density at radius 3 is 2.05 bits per heavy atom. The molecule has 2 fully saturated rings. The molecule has 2 saturated heterocycles. The zero-order valence-corrected chi connectivity index (χ0v) is 22.6. The van der Waals surface area contributed by atoms with Crippen molar-refractivity contribution in [2.75, 3.05) is 67.8 Å². The third-order valence-corrected chi connectivity index (χ3v) is 6.68. The van der Waals surface area contributed by atoms with Crippen LogP contribution in [0.15, 0.2) is 53.6 Å². The third-order valence-electron chi connectivity index (χ3n) is 6.68. The summed E-state index contributed by atoms with van der Waals surface area (Å²) in [5, 5.41) is 4.42. The number of nitrogens with one attached hydrogen (secondary N) is 1. The Balaban J connectivity index is 1.11. The number of rotatable bonds is 13. The van der Waals surface area contributed by atoms with Crippen molar-refractivity contribution in [3.8, 4) is 11.5 Å². The van der Waals surface area contributed by atoms with E-state index < -0.39 is 0 Å². The zero-order chi connectivity index (χ0) is 26.7. The minimum Gasteiger partial charge on any atom is -0.491 e. The summed E-state index contributed by atoms with van der Waals surface area (Å²) in [4.78, 5) is 18.5. The summed E-state index contributed by atoms with van der Waals surface area (Å²) in [6.45, 7) is 7.82. The van der Waals surface area contributed by atoms with Gasteiger partial charge in [0, 0.05) is 31.7 Å². The molecule has 3 heterocycles. The topological polar surface area (TPSA) is 97.2 Å². The average molecular weight is 532 g/mol. The molecule has 10 heteroatoms. The molecule has 5 rings (SSSR count). The van der Waals surface area contributed by atoms with Gasteiger partial charge in [0.15, 0.2) is 0 Å². The van der Waals surface area contributed by atoms with Gasteiger partial charge in [-0.1, -0.05) is 29.8 Å². The molecule has 39 heavy (non-hydrogen) atoms. The molecule has 0 bridgehead atoms. The number of hydrogen-bond acceptors (Lipinski definition) is 10. The first-order chi connectivity index (χ1) is 19.2. The quantitative estimate of drug-likeness (QED) is 0.197. The molecule has 0 atom stereocenters. The Labute approximate surface area is 230 Å². The summed E-state index contributed by atoms with van der Waals surface area (Å²) >= 11 is 0. The van der Waals surface area contributed by atoms with Gasteiger partial charge < -0.3 is 24.0 Å². The first-order valence-electron chi connectivity index (χ1n) is 13.8. The van der Waals surface area contributed by atoms with Crippen LogP contribution < -0.4 is 24.7 Å². The van der Waals surface area contributed by atoms with E-state index in [0.717, 1.165) is 80.8 Å². The van der Waals surface area contributed by atoms with Crippen molar-refractivity contribution in [2.45, 2.75) is 32.6 Å². The van der Waals surface area contributed by atoms with Crippen LogP contribution >= 0.6 is 0 Å². The van der Waals surface area contributed by atoms with Crippen molar-refractivity contribution in [3.05, 3.63) is 59.7 Å². The monoisotopic (exact) mass is 531 g/mol. The predicted molar refractivity (Wildman–Crippen MR) is 153 cm³/mol. The van der Waals surface area contributed by atoms with E-state index in [-0.39, 0.29) is 0 Å². The van der Waals surface area contributed by atoms with Gasteiger partial charge in [-0.3, -0.25) is 0 Å². The van der Waals surface area contributed by atoms with Crippen LogP contribution in [-0.4, -0.2) is 73.8 Å². The highest BCUT2D eigenvalue weighted by atomic mass is 16.5. The highest BCUT2D eigenvalue weighted by molar-refractivity contribution is 5.83. The molecule has 1 N–H and O–H groups in total. The fraction of sp³-hybridized carbons (Fsp3) is 0.448. The largest absolute Gasteiger partial charge is 0.491 e.